The largest absolute Gasteiger partial charge is 0.466 e. The zero-order valence-electron chi connectivity index (χ0n) is 11.8. The fraction of sp³-hybridized carbons (Fsp3) is 0.923. The fourth-order valence-electron chi connectivity index (χ4n) is 2.41. The minimum atomic E-state index is -0.0771. The van der Waals surface area contributed by atoms with Crippen LogP contribution in [0.3, 0.4) is 0 Å². The van der Waals surface area contributed by atoms with Gasteiger partial charge >= 0.3 is 5.97 Å². The number of hydrogen-bond donors (Lipinski definition) is 0. The summed E-state index contributed by atoms with van der Waals surface area (Å²) < 4.78 is 5.04. The van der Waals surface area contributed by atoms with Gasteiger partial charge in [-0.05, 0) is 27.8 Å². The standard InChI is InChI=1S/C13H26N2O2/c1-6-17-13(16)10(2)7-15-8-11(3)14(5)12(4)9-15/h10-12H,6-9H2,1-5H3. The van der Waals surface area contributed by atoms with E-state index in [1.165, 1.54) is 0 Å². The molecule has 0 aliphatic carbocycles. The maximum Gasteiger partial charge on any atom is 0.309 e. The van der Waals surface area contributed by atoms with Gasteiger partial charge in [-0.2, -0.15) is 0 Å². The van der Waals surface area contributed by atoms with Crippen LogP contribution in [0.4, 0.5) is 0 Å². The lowest BCUT2D eigenvalue weighted by atomic mass is 10.1. The summed E-state index contributed by atoms with van der Waals surface area (Å²) in [4.78, 5) is 16.4. The Morgan fingerprint density at radius 1 is 1.35 bits per heavy atom. The Hall–Kier alpha value is -0.610. The molecule has 0 aromatic rings. The van der Waals surface area contributed by atoms with Gasteiger partial charge in [0.1, 0.15) is 0 Å². The van der Waals surface area contributed by atoms with Crippen molar-refractivity contribution in [3.05, 3.63) is 0 Å². The summed E-state index contributed by atoms with van der Waals surface area (Å²) in [6, 6.07) is 1.10. The van der Waals surface area contributed by atoms with E-state index in [1.54, 1.807) is 0 Å². The Bertz CT molecular complexity index is 246. The minimum absolute atomic E-state index is 0.0299. The number of hydrogen-bond acceptors (Lipinski definition) is 4. The van der Waals surface area contributed by atoms with E-state index in [9.17, 15) is 4.79 Å². The summed E-state index contributed by atoms with van der Waals surface area (Å²) in [5.41, 5.74) is 0. The zero-order chi connectivity index (χ0) is 13.0. The first-order valence-electron chi connectivity index (χ1n) is 6.56. The van der Waals surface area contributed by atoms with Crippen LogP contribution < -0.4 is 0 Å². The molecule has 3 unspecified atom stereocenters. The van der Waals surface area contributed by atoms with Crippen molar-refractivity contribution in [1.82, 2.24) is 9.80 Å². The van der Waals surface area contributed by atoms with Crippen LogP contribution in [-0.4, -0.2) is 61.1 Å². The van der Waals surface area contributed by atoms with Crippen molar-refractivity contribution in [2.75, 3.05) is 33.3 Å². The van der Waals surface area contributed by atoms with Gasteiger partial charge in [0.05, 0.1) is 12.5 Å². The van der Waals surface area contributed by atoms with Crippen LogP contribution in [-0.2, 0) is 9.53 Å². The van der Waals surface area contributed by atoms with Gasteiger partial charge in [-0.25, -0.2) is 0 Å². The molecular weight excluding hydrogens is 216 g/mol. The number of carbonyl (C=O) groups is 1. The zero-order valence-corrected chi connectivity index (χ0v) is 11.8. The van der Waals surface area contributed by atoms with Gasteiger partial charge in [0, 0.05) is 31.7 Å². The van der Waals surface area contributed by atoms with Gasteiger partial charge < -0.3 is 4.74 Å². The number of esters is 1. The lowest BCUT2D eigenvalue weighted by molar-refractivity contribution is -0.148. The monoisotopic (exact) mass is 242 g/mol. The minimum Gasteiger partial charge on any atom is -0.466 e. The van der Waals surface area contributed by atoms with Gasteiger partial charge in [-0.15, -0.1) is 0 Å². The molecule has 0 aromatic heterocycles. The second-order valence-electron chi connectivity index (χ2n) is 5.24. The average molecular weight is 242 g/mol. The number of carbonyl (C=O) groups excluding carboxylic acids is 1. The summed E-state index contributed by atoms with van der Waals surface area (Å²) in [5.74, 6) is -0.107. The van der Waals surface area contributed by atoms with Crippen LogP contribution in [0, 0.1) is 5.92 Å². The van der Waals surface area contributed by atoms with Crippen molar-refractivity contribution in [1.29, 1.82) is 0 Å². The quantitative estimate of drug-likeness (QED) is 0.694. The van der Waals surface area contributed by atoms with Gasteiger partial charge in [0.15, 0.2) is 0 Å². The van der Waals surface area contributed by atoms with E-state index in [2.05, 4.69) is 30.7 Å². The highest BCUT2D eigenvalue weighted by Gasteiger charge is 2.28. The molecule has 1 saturated heterocycles. The van der Waals surface area contributed by atoms with Crippen molar-refractivity contribution in [2.45, 2.75) is 39.8 Å². The molecule has 1 aliphatic heterocycles. The van der Waals surface area contributed by atoms with Gasteiger partial charge in [-0.1, -0.05) is 6.92 Å². The number of piperazine rings is 1. The molecule has 1 fully saturated rings. The molecule has 3 atom stereocenters. The molecule has 17 heavy (non-hydrogen) atoms. The van der Waals surface area contributed by atoms with Crippen LogP contribution in [0.25, 0.3) is 0 Å². The van der Waals surface area contributed by atoms with E-state index in [0.29, 0.717) is 18.7 Å². The smallest absolute Gasteiger partial charge is 0.309 e. The third-order valence-electron chi connectivity index (χ3n) is 3.66. The molecule has 0 aromatic carbocycles. The third-order valence-corrected chi connectivity index (χ3v) is 3.66. The number of ether oxygens (including phenoxy) is 1. The lowest BCUT2D eigenvalue weighted by Gasteiger charge is -2.43. The molecule has 0 radical (unpaired) electrons. The van der Waals surface area contributed by atoms with E-state index in [0.717, 1.165) is 19.6 Å². The van der Waals surface area contributed by atoms with Crippen molar-refractivity contribution >= 4 is 5.97 Å². The highest BCUT2D eigenvalue weighted by atomic mass is 16.5. The van der Waals surface area contributed by atoms with E-state index < -0.39 is 0 Å². The van der Waals surface area contributed by atoms with Gasteiger partial charge in [-0.3, -0.25) is 14.6 Å². The van der Waals surface area contributed by atoms with E-state index in [4.69, 9.17) is 4.74 Å². The molecule has 0 spiro atoms. The Kier molecular flexibility index (Phi) is 5.40. The Labute approximate surface area is 105 Å². The van der Waals surface area contributed by atoms with Crippen molar-refractivity contribution in [2.24, 2.45) is 5.92 Å². The molecule has 0 N–H and O–H groups in total. The number of rotatable bonds is 4. The first-order chi connectivity index (χ1) is 7.95. The molecule has 4 nitrogen and oxygen atoms in total. The molecule has 100 valence electrons. The maximum atomic E-state index is 11.6. The van der Waals surface area contributed by atoms with E-state index in [-0.39, 0.29) is 11.9 Å². The summed E-state index contributed by atoms with van der Waals surface area (Å²) in [7, 11) is 2.17. The topological polar surface area (TPSA) is 32.8 Å². The summed E-state index contributed by atoms with van der Waals surface area (Å²) in [6.07, 6.45) is 0. The van der Waals surface area contributed by atoms with Crippen molar-refractivity contribution in [3.8, 4) is 0 Å². The highest BCUT2D eigenvalue weighted by Crippen LogP contribution is 2.15. The molecule has 0 amide bonds. The first kappa shape index (κ1) is 14.5. The maximum absolute atomic E-state index is 11.6. The summed E-state index contributed by atoms with van der Waals surface area (Å²) in [5, 5.41) is 0. The Morgan fingerprint density at radius 3 is 2.35 bits per heavy atom. The molecule has 0 bridgehead atoms. The van der Waals surface area contributed by atoms with Crippen LogP contribution in [0.5, 0.6) is 0 Å². The van der Waals surface area contributed by atoms with Crippen LogP contribution in [0.2, 0.25) is 0 Å². The molecule has 1 heterocycles. The Morgan fingerprint density at radius 2 is 1.88 bits per heavy atom. The summed E-state index contributed by atoms with van der Waals surface area (Å²) >= 11 is 0. The van der Waals surface area contributed by atoms with Gasteiger partial charge in [0.2, 0.25) is 0 Å². The molecule has 1 aliphatic rings. The van der Waals surface area contributed by atoms with Crippen molar-refractivity contribution < 1.29 is 9.53 Å². The van der Waals surface area contributed by atoms with Crippen LogP contribution in [0.15, 0.2) is 0 Å². The lowest BCUT2D eigenvalue weighted by Crippen LogP contribution is -2.55. The SMILES string of the molecule is CCOC(=O)C(C)CN1CC(C)N(C)C(C)C1. The first-order valence-corrected chi connectivity index (χ1v) is 6.56. The fourth-order valence-corrected chi connectivity index (χ4v) is 2.41. The molecule has 4 heteroatoms. The van der Waals surface area contributed by atoms with Crippen LogP contribution in [0.1, 0.15) is 27.7 Å². The second kappa shape index (κ2) is 6.36. The number of likely N-dealkylation sites (N-methyl/N-ethyl adjacent to an activating group) is 1. The van der Waals surface area contributed by atoms with E-state index in [1.807, 2.05) is 13.8 Å². The summed E-state index contributed by atoms with van der Waals surface area (Å²) in [6.45, 7) is 11.6. The molecule has 1 rings (SSSR count). The predicted octanol–water partition coefficient (Wildman–Crippen LogP) is 1.21. The molecule has 0 saturated carbocycles. The van der Waals surface area contributed by atoms with Crippen LogP contribution >= 0.6 is 0 Å². The average Bonchev–Trinajstić information content (AvgIpc) is 2.26. The number of nitrogens with zero attached hydrogens (tertiary/aromatic N) is 2. The van der Waals surface area contributed by atoms with E-state index >= 15 is 0 Å². The molecular formula is C13H26N2O2. The Balaban J connectivity index is 2.44. The predicted molar refractivity (Wildman–Crippen MR) is 68.9 cm³/mol. The van der Waals surface area contributed by atoms with Gasteiger partial charge in [0.25, 0.3) is 0 Å². The third kappa shape index (κ3) is 3.96. The normalized spacial score (nSPS) is 29.0. The second-order valence-corrected chi connectivity index (χ2v) is 5.24. The highest BCUT2D eigenvalue weighted by molar-refractivity contribution is 5.72. The van der Waals surface area contributed by atoms with Crippen molar-refractivity contribution in [3.63, 3.8) is 0 Å².